The third-order valence-electron chi connectivity index (χ3n) is 4.10. The third-order valence-corrected chi connectivity index (χ3v) is 4.10. The van der Waals surface area contributed by atoms with E-state index in [9.17, 15) is 4.39 Å². The average Bonchev–Trinajstić information content (AvgIpc) is 2.62. The number of aromatic nitrogens is 2. The van der Waals surface area contributed by atoms with Gasteiger partial charge in [-0.3, -0.25) is 0 Å². The first kappa shape index (κ1) is 15.8. The van der Waals surface area contributed by atoms with Crippen molar-refractivity contribution >= 4 is 5.95 Å². The summed E-state index contributed by atoms with van der Waals surface area (Å²) in [5.41, 5.74) is 1.26. The van der Waals surface area contributed by atoms with Crippen LogP contribution in [0.1, 0.15) is 18.4 Å². The maximum Gasteiger partial charge on any atom is 0.222 e. The summed E-state index contributed by atoms with van der Waals surface area (Å²) in [7, 11) is 0. The molecule has 0 aliphatic carbocycles. The zero-order chi connectivity index (χ0) is 16.1. The molecule has 1 aromatic heterocycles. The van der Waals surface area contributed by atoms with E-state index in [4.69, 9.17) is 9.84 Å². The topological polar surface area (TPSA) is 67.3 Å². The van der Waals surface area contributed by atoms with Crippen molar-refractivity contribution in [1.29, 1.82) is 0 Å². The highest BCUT2D eigenvalue weighted by atomic mass is 19.1. The fourth-order valence-electron chi connectivity index (χ4n) is 2.67. The Kier molecular flexibility index (Phi) is 5.15. The van der Waals surface area contributed by atoms with Crippen molar-refractivity contribution in [2.45, 2.75) is 19.4 Å². The Hall–Kier alpha value is -2.05. The lowest BCUT2D eigenvalue weighted by Crippen LogP contribution is -2.23. The Balaban J connectivity index is 1.67. The zero-order valence-electron chi connectivity index (χ0n) is 12.8. The van der Waals surface area contributed by atoms with E-state index in [0.29, 0.717) is 23.0 Å². The van der Waals surface area contributed by atoms with Gasteiger partial charge in [-0.15, -0.1) is 0 Å². The van der Waals surface area contributed by atoms with E-state index in [-0.39, 0.29) is 12.2 Å². The largest absolute Gasteiger partial charge is 0.392 e. The maximum absolute atomic E-state index is 14.2. The van der Waals surface area contributed by atoms with Crippen LogP contribution in [-0.2, 0) is 11.3 Å². The van der Waals surface area contributed by atoms with Crippen LogP contribution in [0, 0.1) is 11.7 Å². The second kappa shape index (κ2) is 7.48. The molecule has 0 amide bonds. The molecule has 6 heteroatoms. The standard InChI is InChI=1S/C17H20FN3O2/c18-16-13(11-22)2-1-3-15(16)14-9-20-17(21-10-14)19-8-12-4-6-23-7-5-12/h1-3,9-10,12,22H,4-8,11H2,(H,19,20,21). The summed E-state index contributed by atoms with van der Waals surface area (Å²) in [4.78, 5) is 8.51. The number of ether oxygens (including phenoxy) is 1. The number of aliphatic hydroxyl groups excluding tert-OH is 1. The van der Waals surface area contributed by atoms with Crippen LogP contribution in [0.3, 0.4) is 0 Å². The Morgan fingerprint density at radius 3 is 2.65 bits per heavy atom. The maximum atomic E-state index is 14.2. The summed E-state index contributed by atoms with van der Waals surface area (Å²) < 4.78 is 19.5. The van der Waals surface area contributed by atoms with Gasteiger partial charge in [-0.1, -0.05) is 18.2 Å². The van der Waals surface area contributed by atoms with E-state index in [1.165, 1.54) is 0 Å². The predicted molar refractivity (Wildman–Crippen MR) is 85.4 cm³/mol. The van der Waals surface area contributed by atoms with Crippen molar-refractivity contribution in [1.82, 2.24) is 9.97 Å². The van der Waals surface area contributed by atoms with Crippen LogP contribution in [0.25, 0.3) is 11.1 Å². The molecule has 1 aliphatic rings. The normalized spacial score (nSPS) is 15.6. The first-order chi connectivity index (χ1) is 11.3. The summed E-state index contributed by atoms with van der Waals surface area (Å²) in [5, 5.41) is 12.4. The molecular weight excluding hydrogens is 297 g/mol. The van der Waals surface area contributed by atoms with Crippen molar-refractivity contribution < 1.29 is 14.2 Å². The van der Waals surface area contributed by atoms with Crippen molar-refractivity contribution in [3.8, 4) is 11.1 Å². The number of anilines is 1. The molecule has 1 aliphatic heterocycles. The lowest BCUT2D eigenvalue weighted by atomic mass is 10.0. The molecule has 0 radical (unpaired) electrons. The highest BCUT2D eigenvalue weighted by Crippen LogP contribution is 2.24. The first-order valence-electron chi connectivity index (χ1n) is 7.80. The third kappa shape index (κ3) is 3.83. The molecule has 122 valence electrons. The molecule has 5 nitrogen and oxygen atoms in total. The fraction of sp³-hybridized carbons (Fsp3) is 0.412. The van der Waals surface area contributed by atoms with E-state index >= 15 is 0 Å². The molecule has 0 saturated carbocycles. The highest BCUT2D eigenvalue weighted by Gasteiger charge is 2.14. The van der Waals surface area contributed by atoms with E-state index in [0.717, 1.165) is 32.6 Å². The Morgan fingerprint density at radius 1 is 1.22 bits per heavy atom. The summed E-state index contributed by atoms with van der Waals surface area (Å²) in [6.45, 7) is 2.11. The first-order valence-corrected chi connectivity index (χ1v) is 7.80. The van der Waals surface area contributed by atoms with Crippen molar-refractivity contribution in [2.24, 2.45) is 5.92 Å². The van der Waals surface area contributed by atoms with Gasteiger partial charge in [-0.25, -0.2) is 14.4 Å². The van der Waals surface area contributed by atoms with Crippen molar-refractivity contribution in [3.05, 3.63) is 42.0 Å². The number of hydrogen-bond acceptors (Lipinski definition) is 5. The van der Waals surface area contributed by atoms with Crippen LogP contribution < -0.4 is 5.32 Å². The van der Waals surface area contributed by atoms with Gasteiger partial charge in [0.2, 0.25) is 5.95 Å². The highest BCUT2D eigenvalue weighted by molar-refractivity contribution is 5.63. The molecule has 1 fully saturated rings. The lowest BCUT2D eigenvalue weighted by Gasteiger charge is -2.22. The minimum Gasteiger partial charge on any atom is -0.392 e. The second-order valence-electron chi connectivity index (χ2n) is 5.67. The monoisotopic (exact) mass is 317 g/mol. The molecule has 3 rings (SSSR count). The number of aliphatic hydroxyl groups is 1. The van der Waals surface area contributed by atoms with Gasteiger partial charge in [0.1, 0.15) is 5.82 Å². The number of nitrogens with one attached hydrogen (secondary N) is 1. The van der Waals surface area contributed by atoms with Gasteiger partial charge in [0.05, 0.1) is 6.61 Å². The SMILES string of the molecule is OCc1cccc(-c2cnc(NCC3CCOCC3)nc2)c1F. The van der Waals surface area contributed by atoms with Gasteiger partial charge in [-0.2, -0.15) is 0 Å². The van der Waals surface area contributed by atoms with Crippen LogP contribution in [0.15, 0.2) is 30.6 Å². The Morgan fingerprint density at radius 2 is 1.96 bits per heavy atom. The molecule has 23 heavy (non-hydrogen) atoms. The zero-order valence-corrected chi connectivity index (χ0v) is 12.8. The molecule has 1 aromatic carbocycles. The molecule has 0 spiro atoms. The Labute approximate surface area is 134 Å². The van der Waals surface area contributed by atoms with Gasteiger partial charge in [0.15, 0.2) is 0 Å². The van der Waals surface area contributed by atoms with E-state index in [2.05, 4.69) is 15.3 Å². The van der Waals surface area contributed by atoms with Crippen LogP contribution in [0.2, 0.25) is 0 Å². The van der Waals surface area contributed by atoms with Crippen LogP contribution in [0.4, 0.5) is 10.3 Å². The molecule has 0 unspecified atom stereocenters. The molecule has 1 saturated heterocycles. The van der Waals surface area contributed by atoms with Gasteiger partial charge in [-0.05, 0) is 18.8 Å². The van der Waals surface area contributed by atoms with E-state index in [1.807, 2.05) is 0 Å². The minimum absolute atomic E-state index is 0.268. The van der Waals surface area contributed by atoms with Crippen molar-refractivity contribution in [3.63, 3.8) is 0 Å². The molecule has 2 N–H and O–H groups in total. The fourth-order valence-corrected chi connectivity index (χ4v) is 2.67. The Bertz CT molecular complexity index is 643. The number of benzene rings is 1. The van der Waals surface area contributed by atoms with Crippen LogP contribution in [-0.4, -0.2) is 34.8 Å². The van der Waals surface area contributed by atoms with E-state index in [1.54, 1.807) is 30.6 Å². The van der Waals surface area contributed by atoms with E-state index < -0.39 is 5.82 Å². The van der Waals surface area contributed by atoms with Gasteiger partial charge >= 0.3 is 0 Å². The van der Waals surface area contributed by atoms with Crippen LogP contribution in [0.5, 0.6) is 0 Å². The molecule has 0 atom stereocenters. The van der Waals surface area contributed by atoms with Gasteiger partial charge in [0, 0.05) is 48.8 Å². The summed E-state index contributed by atoms with van der Waals surface area (Å²) in [5.74, 6) is 0.686. The number of halogens is 1. The molecule has 0 bridgehead atoms. The molecule has 2 aromatic rings. The minimum atomic E-state index is -0.429. The number of nitrogens with zero attached hydrogens (tertiary/aromatic N) is 2. The van der Waals surface area contributed by atoms with Crippen LogP contribution >= 0.6 is 0 Å². The summed E-state index contributed by atoms with van der Waals surface area (Å²) in [6.07, 6.45) is 5.28. The lowest BCUT2D eigenvalue weighted by molar-refractivity contribution is 0.0699. The number of rotatable bonds is 5. The van der Waals surface area contributed by atoms with Gasteiger partial charge in [0.25, 0.3) is 0 Å². The smallest absolute Gasteiger partial charge is 0.222 e. The molecular formula is C17H20FN3O2. The average molecular weight is 317 g/mol. The molecule has 2 heterocycles. The van der Waals surface area contributed by atoms with Gasteiger partial charge < -0.3 is 15.2 Å². The van der Waals surface area contributed by atoms with Crippen molar-refractivity contribution in [2.75, 3.05) is 25.1 Å². The summed E-state index contributed by atoms with van der Waals surface area (Å²) >= 11 is 0. The second-order valence-corrected chi connectivity index (χ2v) is 5.67. The quantitative estimate of drug-likeness (QED) is 0.887. The summed E-state index contributed by atoms with van der Waals surface area (Å²) in [6, 6.07) is 4.92. The number of hydrogen-bond donors (Lipinski definition) is 2. The predicted octanol–water partition coefficient (Wildman–Crippen LogP) is 2.61.